The van der Waals surface area contributed by atoms with E-state index in [1.54, 1.807) is 11.9 Å². The summed E-state index contributed by atoms with van der Waals surface area (Å²) in [6.07, 6.45) is 6.99. The molecule has 3 heterocycles. The first kappa shape index (κ1) is 28.3. The van der Waals surface area contributed by atoms with Crippen LogP contribution >= 0.6 is 11.6 Å². The van der Waals surface area contributed by atoms with E-state index in [2.05, 4.69) is 21.6 Å². The minimum absolute atomic E-state index is 0.0993. The fourth-order valence-corrected chi connectivity index (χ4v) is 6.77. The number of piperidine rings is 1. The highest BCUT2D eigenvalue weighted by Crippen LogP contribution is 2.45. The summed E-state index contributed by atoms with van der Waals surface area (Å²) in [5, 5.41) is 6.35. The Morgan fingerprint density at radius 3 is 2.70 bits per heavy atom. The fourth-order valence-electron chi connectivity index (χ4n) is 6.59. The van der Waals surface area contributed by atoms with Gasteiger partial charge in [-0.25, -0.2) is 0 Å². The molecule has 9 heteroatoms. The van der Waals surface area contributed by atoms with Gasteiger partial charge in [0.2, 0.25) is 11.8 Å². The van der Waals surface area contributed by atoms with Gasteiger partial charge in [-0.2, -0.15) is 0 Å². The smallest absolute Gasteiger partial charge is 0.255 e. The van der Waals surface area contributed by atoms with E-state index in [9.17, 15) is 19.2 Å². The van der Waals surface area contributed by atoms with Gasteiger partial charge in [0.15, 0.2) is 0 Å². The van der Waals surface area contributed by atoms with Crippen molar-refractivity contribution in [1.29, 1.82) is 0 Å². The Morgan fingerprint density at radius 1 is 1.15 bits per heavy atom. The van der Waals surface area contributed by atoms with Crippen LogP contribution in [-0.2, 0) is 32.8 Å². The fraction of sp³-hybridized carbons (Fsp3) is 0.484. The van der Waals surface area contributed by atoms with Crippen LogP contribution in [0.15, 0.2) is 36.4 Å². The molecule has 8 nitrogen and oxygen atoms in total. The van der Waals surface area contributed by atoms with E-state index < -0.39 is 11.5 Å². The number of aldehydes is 1. The highest BCUT2D eigenvalue weighted by atomic mass is 35.5. The molecule has 40 heavy (non-hydrogen) atoms. The van der Waals surface area contributed by atoms with Crippen LogP contribution in [0.2, 0.25) is 5.02 Å². The Labute approximate surface area is 240 Å². The van der Waals surface area contributed by atoms with E-state index >= 15 is 0 Å². The second kappa shape index (κ2) is 12.1. The molecule has 1 spiro atoms. The van der Waals surface area contributed by atoms with Gasteiger partial charge in [-0.3, -0.25) is 14.4 Å². The number of hydrogen-bond donors (Lipinski definition) is 2. The van der Waals surface area contributed by atoms with Crippen LogP contribution in [0.3, 0.4) is 0 Å². The van der Waals surface area contributed by atoms with Crippen molar-refractivity contribution in [2.24, 2.45) is 0 Å². The second-order valence-electron chi connectivity index (χ2n) is 11.1. The van der Waals surface area contributed by atoms with Crippen molar-refractivity contribution in [2.75, 3.05) is 32.0 Å². The molecule has 0 radical (unpaired) electrons. The minimum atomic E-state index is -0.646. The molecule has 0 bridgehead atoms. The average Bonchev–Trinajstić information content (AvgIpc) is 3.43. The van der Waals surface area contributed by atoms with Crippen LogP contribution in [0.1, 0.15) is 72.0 Å². The van der Waals surface area contributed by atoms with Gasteiger partial charge in [-0.05, 0) is 99.1 Å². The molecule has 2 aromatic rings. The van der Waals surface area contributed by atoms with Gasteiger partial charge >= 0.3 is 0 Å². The third-order valence-corrected chi connectivity index (χ3v) is 9.12. The Kier molecular flexibility index (Phi) is 8.57. The van der Waals surface area contributed by atoms with Crippen molar-refractivity contribution in [2.45, 2.75) is 69.4 Å². The molecule has 0 saturated carbocycles. The molecule has 5 rings (SSSR count). The van der Waals surface area contributed by atoms with Crippen LogP contribution in [0, 0.1) is 0 Å². The van der Waals surface area contributed by atoms with Crippen molar-refractivity contribution in [3.63, 3.8) is 0 Å². The van der Waals surface area contributed by atoms with Gasteiger partial charge in [0.1, 0.15) is 12.3 Å². The average molecular weight is 565 g/mol. The highest BCUT2D eigenvalue weighted by molar-refractivity contribution is 6.31. The number of aryl methyl sites for hydroxylation is 1. The predicted octanol–water partition coefficient (Wildman–Crippen LogP) is 4.09. The van der Waals surface area contributed by atoms with Crippen LogP contribution in [0.4, 0.5) is 5.69 Å². The van der Waals surface area contributed by atoms with E-state index in [4.69, 9.17) is 11.6 Å². The van der Waals surface area contributed by atoms with Gasteiger partial charge in [0.25, 0.3) is 5.91 Å². The lowest BCUT2D eigenvalue weighted by atomic mass is 9.73. The molecule has 0 aliphatic carbocycles. The van der Waals surface area contributed by atoms with Crippen LogP contribution in [0.5, 0.6) is 0 Å². The molecule has 3 amide bonds. The number of halogens is 1. The number of benzene rings is 2. The molecule has 2 N–H and O–H groups in total. The Hall–Kier alpha value is -3.23. The standard InChI is InChI=1S/C31H37ClN4O4/c1-33-28(38)27(10-6-18-37)36-20-24-21(8-5-9-23(24)29(36)39)7-3-2-4-15-35-16-13-31(14-17-35)25-19-22(32)11-12-26(25)34-30(31)40/h5,8-9,11-12,18-19,27H,2-4,6-7,10,13-17,20H2,1H3,(H,33,38)(H,34,40). The first-order valence-electron chi connectivity index (χ1n) is 14.3. The third-order valence-electron chi connectivity index (χ3n) is 8.89. The third kappa shape index (κ3) is 5.39. The molecule has 0 aromatic heterocycles. The number of amides is 3. The molecule has 212 valence electrons. The van der Waals surface area contributed by atoms with Crippen LogP contribution < -0.4 is 10.6 Å². The number of anilines is 1. The number of unbranched alkanes of at least 4 members (excludes halogenated alkanes) is 2. The summed E-state index contributed by atoms with van der Waals surface area (Å²) >= 11 is 6.24. The lowest BCUT2D eigenvalue weighted by molar-refractivity contribution is -0.125. The maximum atomic E-state index is 13.1. The number of nitrogens with one attached hydrogen (secondary N) is 2. The minimum Gasteiger partial charge on any atom is -0.357 e. The highest BCUT2D eigenvalue weighted by Gasteiger charge is 2.48. The topological polar surface area (TPSA) is 98.8 Å². The molecular weight excluding hydrogens is 528 g/mol. The number of carbonyl (C=O) groups is 4. The Morgan fingerprint density at radius 2 is 1.95 bits per heavy atom. The van der Waals surface area contributed by atoms with E-state index in [-0.39, 0.29) is 24.1 Å². The summed E-state index contributed by atoms with van der Waals surface area (Å²) in [5.74, 6) is -0.281. The van der Waals surface area contributed by atoms with Crippen molar-refractivity contribution in [3.05, 3.63) is 63.7 Å². The number of carbonyl (C=O) groups excluding carboxylic acids is 4. The summed E-state index contributed by atoms with van der Waals surface area (Å²) in [6, 6.07) is 10.9. The SMILES string of the molecule is CNC(=O)C(CCC=O)N1Cc2c(CCCCCN3CCC4(CC3)C(=O)Nc3ccc(Cl)cc34)cccc2C1=O. The maximum Gasteiger partial charge on any atom is 0.255 e. The van der Waals surface area contributed by atoms with E-state index in [1.165, 1.54) is 0 Å². The number of hydrogen-bond acceptors (Lipinski definition) is 5. The number of likely N-dealkylation sites (N-methyl/N-ethyl adjacent to an activating group) is 1. The summed E-state index contributed by atoms with van der Waals surface area (Å²) < 4.78 is 0. The zero-order valence-electron chi connectivity index (χ0n) is 23.0. The van der Waals surface area contributed by atoms with Crippen LogP contribution in [0.25, 0.3) is 0 Å². The van der Waals surface area contributed by atoms with E-state index in [1.807, 2.05) is 30.3 Å². The van der Waals surface area contributed by atoms with Crippen molar-refractivity contribution < 1.29 is 19.2 Å². The Balaban J connectivity index is 1.11. The van der Waals surface area contributed by atoms with Gasteiger partial charge < -0.3 is 25.2 Å². The monoisotopic (exact) mass is 564 g/mol. The van der Waals surface area contributed by atoms with Crippen LogP contribution in [-0.4, -0.2) is 66.5 Å². The van der Waals surface area contributed by atoms with E-state index in [0.717, 1.165) is 86.8 Å². The van der Waals surface area contributed by atoms with E-state index in [0.29, 0.717) is 23.6 Å². The second-order valence-corrected chi connectivity index (χ2v) is 11.6. The van der Waals surface area contributed by atoms with Gasteiger partial charge in [0, 0.05) is 36.3 Å². The zero-order chi connectivity index (χ0) is 28.3. The number of nitrogens with zero attached hydrogens (tertiary/aromatic N) is 2. The molecule has 1 fully saturated rings. The first-order chi connectivity index (χ1) is 19.4. The molecule has 3 aliphatic heterocycles. The first-order valence-corrected chi connectivity index (χ1v) is 14.7. The summed E-state index contributed by atoms with van der Waals surface area (Å²) in [4.78, 5) is 53.5. The maximum absolute atomic E-state index is 13.1. The number of fused-ring (bicyclic) bond motifs is 3. The molecule has 3 aliphatic rings. The Bertz CT molecular complexity index is 1300. The zero-order valence-corrected chi connectivity index (χ0v) is 23.8. The lowest BCUT2D eigenvalue weighted by Gasteiger charge is -2.38. The van der Waals surface area contributed by atoms with Gasteiger partial charge in [0.05, 0.1) is 5.41 Å². The number of rotatable bonds is 11. The number of likely N-dealkylation sites (tertiary alicyclic amines) is 1. The lowest BCUT2D eigenvalue weighted by Crippen LogP contribution is -2.46. The predicted molar refractivity (Wildman–Crippen MR) is 154 cm³/mol. The van der Waals surface area contributed by atoms with Gasteiger partial charge in [-0.1, -0.05) is 30.2 Å². The summed E-state index contributed by atoms with van der Waals surface area (Å²) in [7, 11) is 1.55. The molecular formula is C31H37ClN4O4. The largest absolute Gasteiger partial charge is 0.357 e. The molecule has 1 atom stereocenters. The summed E-state index contributed by atoms with van der Waals surface area (Å²) in [6.45, 7) is 3.18. The molecule has 1 saturated heterocycles. The quantitative estimate of drug-likeness (QED) is 0.316. The molecule has 2 aromatic carbocycles. The van der Waals surface area contributed by atoms with Crippen molar-refractivity contribution in [3.8, 4) is 0 Å². The van der Waals surface area contributed by atoms with Crippen molar-refractivity contribution in [1.82, 2.24) is 15.1 Å². The van der Waals surface area contributed by atoms with Crippen molar-refractivity contribution >= 4 is 41.3 Å². The van der Waals surface area contributed by atoms with Gasteiger partial charge in [-0.15, -0.1) is 0 Å². The summed E-state index contributed by atoms with van der Waals surface area (Å²) in [5.41, 5.74) is 4.30. The molecule has 1 unspecified atom stereocenters. The normalized spacial score (nSPS) is 18.4.